The van der Waals surface area contributed by atoms with Gasteiger partial charge in [-0.3, -0.25) is 15.0 Å². The minimum absolute atomic E-state index is 0.00204. The van der Waals surface area contributed by atoms with Crippen molar-refractivity contribution in [3.63, 3.8) is 0 Å². The zero-order valence-electron chi connectivity index (χ0n) is 17.4. The van der Waals surface area contributed by atoms with E-state index in [1.807, 2.05) is 79.7 Å². The first-order valence-electron chi connectivity index (χ1n) is 9.88. The van der Waals surface area contributed by atoms with Crippen molar-refractivity contribution in [2.75, 3.05) is 11.9 Å². The molecule has 0 aromatic heterocycles. The molecule has 0 aliphatic carbocycles. The maximum Gasteiger partial charge on any atom is 0.276 e. The van der Waals surface area contributed by atoms with Gasteiger partial charge in [-0.15, -0.1) is 0 Å². The van der Waals surface area contributed by atoms with Gasteiger partial charge in [0.05, 0.1) is 6.42 Å². The summed E-state index contributed by atoms with van der Waals surface area (Å²) in [5, 5.41) is 2.90. The molecule has 2 amide bonds. The van der Waals surface area contributed by atoms with Gasteiger partial charge in [-0.1, -0.05) is 73.3 Å². The molecule has 0 fully saturated rings. The van der Waals surface area contributed by atoms with Crippen LogP contribution >= 0.6 is 0 Å². The van der Waals surface area contributed by atoms with Crippen LogP contribution in [0.5, 0.6) is 5.75 Å². The van der Waals surface area contributed by atoms with Gasteiger partial charge in [0.15, 0.2) is 6.61 Å². The molecule has 3 N–H and O–H groups in total. The molecule has 0 spiro atoms. The van der Waals surface area contributed by atoms with E-state index in [0.717, 1.165) is 16.7 Å². The summed E-state index contributed by atoms with van der Waals surface area (Å²) in [6.07, 6.45) is 0.00204. The van der Waals surface area contributed by atoms with Crippen molar-refractivity contribution in [3.8, 4) is 16.9 Å². The molecule has 0 radical (unpaired) electrons. The van der Waals surface area contributed by atoms with Gasteiger partial charge in [0.2, 0.25) is 5.91 Å². The van der Waals surface area contributed by atoms with Crippen LogP contribution in [0.25, 0.3) is 11.1 Å². The molecule has 0 saturated heterocycles. The maximum absolute atomic E-state index is 12.4. The van der Waals surface area contributed by atoms with Crippen LogP contribution in [0.1, 0.15) is 12.0 Å². The van der Waals surface area contributed by atoms with Gasteiger partial charge in [-0.2, -0.15) is 0 Å². The SMILES string of the molecule is C=C(CC(=O)Nc1ccccc1-c1ccccc1)NNC(=O)COc1ccccc1C. The first-order valence-corrected chi connectivity index (χ1v) is 9.88. The lowest BCUT2D eigenvalue weighted by molar-refractivity contribution is -0.124. The summed E-state index contributed by atoms with van der Waals surface area (Å²) in [7, 11) is 0. The molecular weight excluding hydrogens is 390 g/mol. The fraction of sp³-hybridized carbons (Fsp3) is 0.120. The maximum atomic E-state index is 12.4. The van der Waals surface area contributed by atoms with Crippen LogP contribution in [0.3, 0.4) is 0 Å². The molecule has 0 unspecified atom stereocenters. The third-order valence-electron chi connectivity index (χ3n) is 4.49. The molecule has 3 aromatic carbocycles. The number of ether oxygens (including phenoxy) is 1. The normalized spacial score (nSPS) is 10.1. The van der Waals surface area contributed by atoms with Crippen molar-refractivity contribution < 1.29 is 14.3 Å². The number of amides is 2. The molecule has 3 rings (SSSR count). The van der Waals surface area contributed by atoms with Crippen LogP contribution in [0, 0.1) is 6.92 Å². The van der Waals surface area contributed by atoms with E-state index in [1.165, 1.54) is 0 Å². The number of para-hydroxylation sites is 2. The predicted molar refractivity (Wildman–Crippen MR) is 122 cm³/mol. The Bertz CT molecular complexity index is 1060. The summed E-state index contributed by atoms with van der Waals surface area (Å²) in [6.45, 7) is 5.55. The fourth-order valence-corrected chi connectivity index (χ4v) is 2.95. The van der Waals surface area contributed by atoms with Crippen LogP contribution in [-0.4, -0.2) is 18.4 Å². The van der Waals surface area contributed by atoms with Gasteiger partial charge in [-0.05, 0) is 30.2 Å². The molecular formula is C25H25N3O3. The highest BCUT2D eigenvalue weighted by Gasteiger charge is 2.10. The Labute approximate surface area is 181 Å². The second-order valence-corrected chi connectivity index (χ2v) is 6.97. The quantitative estimate of drug-likeness (QED) is 0.458. The van der Waals surface area contributed by atoms with Crippen molar-refractivity contribution in [1.82, 2.24) is 10.9 Å². The monoisotopic (exact) mass is 415 g/mol. The third kappa shape index (κ3) is 6.47. The van der Waals surface area contributed by atoms with Crippen molar-refractivity contribution in [3.05, 3.63) is 96.7 Å². The molecule has 158 valence electrons. The van der Waals surface area contributed by atoms with Gasteiger partial charge in [0.25, 0.3) is 5.91 Å². The minimum atomic E-state index is -0.376. The number of aryl methyl sites for hydroxylation is 1. The second kappa shape index (κ2) is 10.6. The summed E-state index contributed by atoms with van der Waals surface area (Å²) in [6, 6.07) is 24.8. The molecule has 0 heterocycles. The van der Waals surface area contributed by atoms with E-state index in [4.69, 9.17) is 4.74 Å². The number of anilines is 1. The number of carbonyl (C=O) groups excluding carboxylic acids is 2. The summed E-state index contributed by atoms with van der Waals surface area (Å²) in [5.74, 6) is 0.0264. The van der Waals surface area contributed by atoms with Crippen LogP contribution in [0.2, 0.25) is 0 Å². The van der Waals surface area contributed by atoms with Crippen LogP contribution in [-0.2, 0) is 9.59 Å². The minimum Gasteiger partial charge on any atom is -0.483 e. The first kappa shape index (κ1) is 21.6. The van der Waals surface area contributed by atoms with Gasteiger partial charge in [-0.25, -0.2) is 0 Å². The highest BCUT2D eigenvalue weighted by Crippen LogP contribution is 2.27. The number of rotatable bonds is 9. The second-order valence-electron chi connectivity index (χ2n) is 6.97. The number of hydrogen-bond acceptors (Lipinski definition) is 4. The molecule has 6 heteroatoms. The molecule has 0 aliphatic heterocycles. The fourth-order valence-electron chi connectivity index (χ4n) is 2.95. The number of carbonyl (C=O) groups is 2. The third-order valence-corrected chi connectivity index (χ3v) is 4.49. The predicted octanol–water partition coefficient (Wildman–Crippen LogP) is 4.20. The van der Waals surface area contributed by atoms with Gasteiger partial charge in [0.1, 0.15) is 5.75 Å². The van der Waals surface area contributed by atoms with E-state index in [9.17, 15) is 9.59 Å². The van der Waals surface area contributed by atoms with Gasteiger partial charge < -0.3 is 15.5 Å². The van der Waals surface area contributed by atoms with E-state index in [2.05, 4.69) is 22.7 Å². The molecule has 3 aromatic rings. The smallest absolute Gasteiger partial charge is 0.276 e. The largest absolute Gasteiger partial charge is 0.483 e. The molecule has 6 nitrogen and oxygen atoms in total. The van der Waals surface area contributed by atoms with Crippen LogP contribution in [0.15, 0.2) is 91.1 Å². The summed E-state index contributed by atoms with van der Waals surface area (Å²) in [4.78, 5) is 24.4. The van der Waals surface area contributed by atoms with Crippen LogP contribution < -0.4 is 20.9 Å². The van der Waals surface area contributed by atoms with E-state index in [-0.39, 0.29) is 24.8 Å². The summed E-state index contributed by atoms with van der Waals surface area (Å²) in [5.41, 5.74) is 9.10. The Morgan fingerprint density at radius 3 is 2.29 bits per heavy atom. The van der Waals surface area contributed by atoms with Crippen molar-refractivity contribution in [2.45, 2.75) is 13.3 Å². The first-order chi connectivity index (χ1) is 15.0. The average Bonchev–Trinajstić information content (AvgIpc) is 2.78. The molecule has 0 atom stereocenters. The summed E-state index contributed by atoms with van der Waals surface area (Å²) < 4.78 is 5.49. The topological polar surface area (TPSA) is 79.5 Å². The van der Waals surface area contributed by atoms with Gasteiger partial charge >= 0.3 is 0 Å². The lowest BCUT2D eigenvalue weighted by Crippen LogP contribution is -2.40. The van der Waals surface area contributed by atoms with Crippen LogP contribution in [0.4, 0.5) is 5.69 Å². The number of hydrogen-bond donors (Lipinski definition) is 3. The Kier molecular flexibility index (Phi) is 7.43. The lowest BCUT2D eigenvalue weighted by Gasteiger charge is -2.14. The zero-order chi connectivity index (χ0) is 22.1. The van der Waals surface area contributed by atoms with Crippen molar-refractivity contribution >= 4 is 17.5 Å². The molecule has 0 saturated carbocycles. The van der Waals surface area contributed by atoms with Crippen molar-refractivity contribution in [2.24, 2.45) is 0 Å². The number of nitrogens with one attached hydrogen (secondary N) is 3. The Morgan fingerprint density at radius 2 is 1.52 bits per heavy atom. The highest BCUT2D eigenvalue weighted by atomic mass is 16.5. The van der Waals surface area contributed by atoms with Crippen molar-refractivity contribution in [1.29, 1.82) is 0 Å². The van der Waals surface area contributed by atoms with E-state index in [0.29, 0.717) is 17.1 Å². The summed E-state index contributed by atoms with van der Waals surface area (Å²) >= 11 is 0. The van der Waals surface area contributed by atoms with Gasteiger partial charge in [0, 0.05) is 16.9 Å². The molecule has 31 heavy (non-hydrogen) atoms. The number of hydrazine groups is 1. The Balaban J connectivity index is 1.47. The molecule has 0 bridgehead atoms. The van der Waals surface area contributed by atoms with E-state index >= 15 is 0 Å². The van der Waals surface area contributed by atoms with E-state index in [1.54, 1.807) is 6.07 Å². The van der Waals surface area contributed by atoms with E-state index < -0.39 is 0 Å². The lowest BCUT2D eigenvalue weighted by atomic mass is 10.0. The average molecular weight is 415 g/mol. The highest BCUT2D eigenvalue weighted by molar-refractivity contribution is 5.96. The Hall–Kier alpha value is -4.06. The zero-order valence-corrected chi connectivity index (χ0v) is 17.4. The Morgan fingerprint density at radius 1 is 0.839 bits per heavy atom. The standard InChI is InChI=1S/C25H25N3O3/c1-18-10-6-9-15-23(18)31-17-25(30)28-27-19(2)16-24(29)26-22-14-8-7-13-21(22)20-11-4-3-5-12-20/h3-15,27H,2,16-17H2,1H3,(H,26,29)(H,28,30). The number of benzene rings is 3. The molecule has 0 aliphatic rings.